The van der Waals surface area contributed by atoms with Crippen LogP contribution < -0.4 is 5.32 Å². The summed E-state index contributed by atoms with van der Waals surface area (Å²) in [5, 5.41) is 7.64. The van der Waals surface area contributed by atoms with E-state index in [-0.39, 0.29) is 5.91 Å². The van der Waals surface area contributed by atoms with Crippen LogP contribution in [0.4, 0.5) is 0 Å². The molecule has 1 saturated heterocycles. The molecular weight excluding hydrogens is 354 g/mol. The average molecular weight is 379 g/mol. The molecular formula is C21H25N5O2. The summed E-state index contributed by atoms with van der Waals surface area (Å²) in [7, 11) is 0. The third-order valence-electron chi connectivity index (χ3n) is 5.18. The Morgan fingerprint density at radius 3 is 2.68 bits per heavy atom. The van der Waals surface area contributed by atoms with Crippen LogP contribution in [0.15, 0.2) is 36.5 Å². The van der Waals surface area contributed by atoms with Gasteiger partial charge in [0.15, 0.2) is 5.65 Å². The Hall–Kier alpha value is -2.77. The van der Waals surface area contributed by atoms with E-state index >= 15 is 0 Å². The standard InChI is InChI=1S/C21H25N5O2/c1-15-19(17-6-4-3-5-7-17)20-23-14-18(16(2)26(20)24-15)21(27)22-8-9-25-10-12-28-13-11-25/h3-7,14H,8-13H2,1-2H3,(H,22,27). The maximum Gasteiger partial charge on any atom is 0.254 e. The molecule has 0 spiro atoms. The van der Waals surface area contributed by atoms with Crippen LogP contribution in [0.1, 0.15) is 21.7 Å². The molecule has 4 rings (SSSR count). The van der Waals surface area contributed by atoms with E-state index in [4.69, 9.17) is 4.74 Å². The number of benzene rings is 1. The number of aromatic nitrogens is 3. The first-order chi connectivity index (χ1) is 13.6. The number of carbonyl (C=O) groups excluding carboxylic acids is 1. The lowest BCUT2D eigenvalue weighted by Gasteiger charge is -2.26. The second-order valence-corrected chi connectivity index (χ2v) is 7.03. The molecule has 0 bridgehead atoms. The minimum absolute atomic E-state index is 0.116. The van der Waals surface area contributed by atoms with Crippen molar-refractivity contribution in [3.8, 4) is 11.1 Å². The number of ether oxygens (including phenoxy) is 1. The highest BCUT2D eigenvalue weighted by Crippen LogP contribution is 2.27. The lowest BCUT2D eigenvalue weighted by Crippen LogP contribution is -2.41. The molecule has 7 nitrogen and oxygen atoms in total. The largest absolute Gasteiger partial charge is 0.379 e. The van der Waals surface area contributed by atoms with Gasteiger partial charge in [-0.3, -0.25) is 9.69 Å². The number of nitrogens with one attached hydrogen (secondary N) is 1. The summed E-state index contributed by atoms with van der Waals surface area (Å²) in [6, 6.07) is 10.1. The summed E-state index contributed by atoms with van der Waals surface area (Å²) in [6.45, 7) is 8.65. The summed E-state index contributed by atoms with van der Waals surface area (Å²) in [5.74, 6) is -0.116. The quantitative estimate of drug-likeness (QED) is 0.735. The zero-order valence-corrected chi connectivity index (χ0v) is 16.3. The number of morpholine rings is 1. The van der Waals surface area contributed by atoms with Crippen LogP contribution in [0.3, 0.4) is 0 Å². The maximum absolute atomic E-state index is 12.7. The van der Waals surface area contributed by atoms with Crippen molar-refractivity contribution in [2.45, 2.75) is 13.8 Å². The molecule has 1 aliphatic heterocycles. The van der Waals surface area contributed by atoms with Crippen molar-refractivity contribution in [1.29, 1.82) is 0 Å². The first kappa shape index (κ1) is 18.6. The van der Waals surface area contributed by atoms with E-state index in [1.54, 1.807) is 10.7 Å². The van der Waals surface area contributed by atoms with Crippen molar-refractivity contribution in [3.05, 3.63) is 53.5 Å². The number of hydrogen-bond donors (Lipinski definition) is 1. The van der Waals surface area contributed by atoms with E-state index in [1.165, 1.54) is 0 Å². The summed E-state index contributed by atoms with van der Waals surface area (Å²) in [4.78, 5) is 19.5. The lowest BCUT2D eigenvalue weighted by molar-refractivity contribution is 0.0383. The van der Waals surface area contributed by atoms with Crippen LogP contribution in [0.5, 0.6) is 0 Å². The highest BCUT2D eigenvalue weighted by atomic mass is 16.5. The Morgan fingerprint density at radius 2 is 1.93 bits per heavy atom. The number of amides is 1. The molecule has 1 aromatic carbocycles. The molecule has 1 amide bonds. The highest BCUT2D eigenvalue weighted by Gasteiger charge is 2.19. The number of carbonyl (C=O) groups is 1. The van der Waals surface area contributed by atoms with Crippen LogP contribution in [0.25, 0.3) is 16.8 Å². The number of nitrogens with zero attached hydrogens (tertiary/aromatic N) is 4. The molecule has 0 saturated carbocycles. The van der Waals surface area contributed by atoms with Gasteiger partial charge in [-0.05, 0) is 19.4 Å². The Labute approximate surface area is 164 Å². The van der Waals surface area contributed by atoms with Crippen molar-refractivity contribution in [2.24, 2.45) is 0 Å². The highest BCUT2D eigenvalue weighted by molar-refractivity contribution is 5.95. The normalized spacial score (nSPS) is 15.1. The van der Waals surface area contributed by atoms with E-state index in [9.17, 15) is 4.79 Å². The third kappa shape index (κ3) is 3.63. The van der Waals surface area contributed by atoms with E-state index < -0.39 is 0 Å². The Morgan fingerprint density at radius 1 is 1.18 bits per heavy atom. The van der Waals surface area contributed by atoms with Crippen LogP contribution >= 0.6 is 0 Å². The second kappa shape index (κ2) is 8.08. The molecule has 0 unspecified atom stereocenters. The molecule has 2 aromatic heterocycles. The van der Waals surface area contributed by atoms with Crippen LogP contribution in [-0.2, 0) is 4.74 Å². The van der Waals surface area contributed by atoms with Crippen LogP contribution in [-0.4, -0.2) is 64.8 Å². The fraction of sp³-hybridized carbons (Fsp3) is 0.381. The number of fused-ring (bicyclic) bond motifs is 1. The van der Waals surface area contributed by atoms with Gasteiger partial charge in [-0.15, -0.1) is 0 Å². The van der Waals surface area contributed by atoms with E-state index in [1.807, 2.05) is 44.2 Å². The molecule has 1 aliphatic rings. The molecule has 1 N–H and O–H groups in total. The van der Waals surface area contributed by atoms with Gasteiger partial charge in [0.05, 0.1) is 30.2 Å². The summed E-state index contributed by atoms with van der Waals surface area (Å²) >= 11 is 0. The van der Waals surface area contributed by atoms with Gasteiger partial charge in [0.1, 0.15) is 0 Å². The van der Waals surface area contributed by atoms with Crippen molar-refractivity contribution >= 4 is 11.6 Å². The number of rotatable bonds is 5. The summed E-state index contributed by atoms with van der Waals surface area (Å²) in [6.07, 6.45) is 1.66. The van der Waals surface area contributed by atoms with E-state index in [0.717, 1.165) is 61.0 Å². The molecule has 7 heteroatoms. The Kier molecular flexibility index (Phi) is 5.36. The predicted octanol–water partition coefficient (Wildman–Crippen LogP) is 2.08. The predicted molar refractivity (Wildman–Crippen MR) is 107 cm³/mol. The van der Waals surface area contributed by atoms with Gasteiger partial charge in [0, 0.05) is 37.9 Å². The summed E-state index contributed by atoms with van der Waals surface area (Å²) < 4.78 is 7.12. The molecule has 0 aliphatic carbocycles. The fourth-order valence-corrected chi connectivity index (χ4v) is 3.61. The molecule has 1 fully saturated rings. The maximum atomic E-state index is 12.7. The molecule has 3 heterocycles. The van der Waals surface area contributed by atoms with Gasteiger partial charge >= 0.3 is 0 Å². The smallest absolute Gasteiger partial charge is 0.254 e. The zero-order chi connectivity index (χ0) is 19.5. The monoisotopic (exact) mass is 379 g/mol. The van der Waals surface area contributed by atoms with Gasteiger partial charge in [-0.1, -0.05) is 30.3 Å². The van der Waals surface area contributed by atoms with Crippen LogP contribution in [0.2, 0.25) is 0 Å². The van der Waals surface area contributed by atoms with Crippen molar-refractivity contribution in [1.82, 2.24) is 24.8 Å². The first-order valence-electron chi connectivity index (χ1n) is 9.64. The molecule has 0 atom stereocenters. The Bertz CT molecular complexity index is 977. The zero-order valence-electron chi connectivity index (χ0n) is 16.3. The molecule has 0 radical (unpaired) electrons. The lowest BCUT2D eigenvalue weighted by atomic mass is 10.1. The molecule has 3 aromatic rings. The van der Waals surface area contributed by atoms with Crippen molar-refractivity contribution in [2.75, 3.05) is 39.4 Å². The van der Waals surface area contributed by atoms with E-state index in [2.05, 4.69) is 20.3 Å². The third-order valence-corrected chi connectivity index (χ3v) is 5.18. The molecule has 28 heavy (non-hydrogen) atoms. The topological polar surface area (TPSA) is 71.8 Å². The van der Waals surface area contributed by atoms with E-state index in [0.29, 0.717) is 12.1 Å². The van der Waals surface area contributed by atoms with Gasteiger partial charge in [-0.2, -0.15) is 5.10 Å². The van der Waals surface area contributed by atoms with Gasteiger partial charge in [0.25, 0.3) is 5.91 Å². The van der Waals surface area contributed by atoms with Crippen LogP contribution in [0, 0.1) is 13.8 Å². The average Bonchev–Trinajstić information content (AvgIpc) is 3.06. The van der Waals surface area contributed by atoms with Gasteiger partial charge < -0.3 is 10.1 Å². The Balaban J connectivity index is 1.54. The second-order valence-electron chi connectivity index (χ2n) is 7.03. The number of hydrogen-bond acceptors (Lipinski definition) is 5. The minimum Gasteiger partial charge on any atom is -0.379 e. The van der Waals surface area contributed by atoms with Gasteiger partial charge in [-0.25, -0.2) is 9.50 Å². The molecule has 146 valence electrons. The van der Waals surface area contributed by atoms with Crippen molar-refractivity contribution < 1.29 is 9.53 Å². The fourth-order valence-electron chi connectivity index (χ4n) is 3.61. The van der Waals surface area contributed by atoms with Crippen molar-refractivity contribution in [3.63, 3.8) is 0 Å². The first-order valence-corrected chi connectivity index (χ1v) is 9.64. The van der Waals surface area contributed by atoms with Gasteiger partial charge in [0.2, 0.25) is 0 Å². The SMILES string of the molecule is Cc1nn2c(C)c(C(=O)NCCN3CCOCC3)cnc2c1-c1ccccc1. The number of aryl methyl sites for hydroxylation is 2. The summed E-state index contributed by atoms with van der Waals surface area (Å²) in [5.41, 5.74) is 5.08. The minimum atomic E-state index is -0.116.